The Bertz CT molecular complexity index is 1020. The number of carbonyl (C=O) groups excluding carboxylic acids is 1. The van der Waals surface area contributed by atoms with Gasteiger partial charge in [-0.05, 0) is 62.2 Å². The average Bonchev–Trinajstić information content (AvgIpc) is 2.96. The number of amides is 1. The van der Waals surface area contributed by atoms with Gasteiger partial charge in [0.05, 0.1) is 15.2 Å². The first-order valence-electron chi connectivity index (χ1n) is 6.75. The van der Waals surface area contributed by atoms with E-state index in [2.05, 4.69) is 58.3 Å². The Labute approximate surface area is 172 Å². The predicted octanol–water partition coefficient (Wildman–Crippen LogP) is 5.84. The van der Waals surface area contributed by atoms with E-state index in [0.717, 1.165) is 14.3 Å². The SMILES string of the molecule is O=C(N/N=C\c1cc(Cl)cc(Br)c1O)c1cc2cc(Br)cc(Br)c2o1. The number of benzene rings is 2. The number of hydrazone groups is 1. The largest absolute Gasteiger partial charge is 0.506 e. The Kier molecular flexibility index (Phi) is 5.52. The fourth-order valence-corrected chi connectivity index (χ4v) is 4.26. The van der Waals surface area contributed by atoms with E-state index in [1.807, 2.05) is 12.1 Å². The van der Waals surface area contributed by atoms with Gasteiger partial charge in [-0.15, -0.1) is 0 Å². The first-order chi connectivity index (χ1) is 11.8. The number of rotatable bonds is 3. The van der Waals surface area contributed by atoms with Crippen LogP contribution in [0.2, 0.25) is 5.02 Å². The number of fused-ring (bicyclic) bond motifs is 1. The Morgan fingerprint density at radius 1 is 1.16 bits per heavy atom. The smallest absolute Gasteiger partial charge is 0.307 e. The fraction of sp³-hybridized carbons (Fsp3) is 0. The monoisotopic (exact) mass is 548 g/mol. The van der Waals surface area contributed by atoms with Gasteiger partial charge in [0.1, 0.15) is 11.3 Å². The molecule has 0 spiro atoms. The molecule has 0 aliphatic rings. The summed E-state index contributed by atoms with van der Waals surface area (Å²) in [7, 11) is 0. The molecular formula is C16H8Br3ClN2O3. The highest BCUT2D eigenvalue weighted by Gasteiger charge is 2.14. The Morgan fingerprint density at radius 3 is 2.68 bits per heavy atom. The normalized spacial score (nSPS) is 11.4. The minimum absolute atomic E-state index is 0.0279. The number of aromatic hydroxyl groups is 1. The Balaban J connectivity index is 1.80. The molecule has 5 nitrogen and oxygen atoms in total. The lowest BCUT2D eigenvalue weighted by Gasteiger charge is -2.02. The number of furan rings is 1. The van der Waals surface area contributed by atoms with Crippen LogP contribution in [-0.2, 0) is 0 Å². The third-order valence-corrected chi connectivity index (χ3v) is 5.06. The molecule has 0 unspecified atom stereocenters. The van der Waals surface area contributed by atoms with Crippen LogP contribution >= 0.6 is 59.4 Å². The van der Waals surface area contributed by atoms with E-state index in [0.29, 0.717) is 20.6 Å². The van der Waals surface area contributed by atoms with Gasteiger partial charge in [-0.2, -0.15) is 5.10 Å². The van der Waals surface area contributed by atoms with Crippen molar-refractivity contribution < 1.29 is 14.3 Å². The molecule has 0 saturated heterocycles. The van der Waals surface area contributed by atoms with Crippen LogP contribution < -0.4 is 5.43 Å². The zero-order valence-corrected chi connectivity index (χ0v) is 17.7. The highest BCUT2D eigenvalue weighted by atomic mass is 79.9. The summed E-state index contributed by atoms with van der Waals surface area (Å²) >= 11 is 15.9. The topological polar surface area (TPSA) is 74.8 Å². The first kappa shape index (κ1) is 18.4. The molecule has 3 rings (SSSR count). The molecule has 9 heteroatoms. The molecule has 0 atom stereocenters. The second-order valence-corrected chi connectivity index (χ2v) is 8.00. The van der Waals surface area contributed by atoms with Crippen molar-refractivity contribution in [2.75, 3.05) is 0 Å². The van der Waals surface area contributed by atoms with Crippen molar-refractivity contribution in [3.8, 4) is 5.75 Å². The lowest BCUT2D eigenvalue weighted by Crippen LogP contribution is -2.16. The van der Waals surface area contributed by atoms with Gasteiger partial charge >= 0.3 is 5.91 Å². The highest BCUT2D eigenvalue weighted by molar-refractivity contribution is 9.11. The second kappa shape index (κ2) is 7.49. The summed E-state index contributed by atoms with van der Waals surface area (Å²) in [6, 6.07) is 8.35. The van der Waals surface area contributed by atoms with Crippen molar-refractivity contribution in [3.05, 3.63) is 60.1 Å². The lowest BCUT2D eigenvalue weighted by atomic mass is 10.2. The number of halogens is 4. The molecule has 0 fully saturated rings. The molecule has 1 heterocycles. The molecule has 2 N–H and O–H groups in total. The van der Waals surface area contributed by atoms with Crippen LogP contribution in [0.5, 0.6) is 5.75 Å². The zero-order valence-electron chi connectivity index (χ0n) is 12.2. The zero-order chi connectivity index (χ0) is 18.1. The van der Waals surface area contributed by atoms with E-state index < -0.39 is 5.91 Å². The van der Waals surface area contributed by atoms with E-state index >= 15 is 0 Å². The van der Waals surface area contributed by atoms with E-state index in [4.69, 9.17) is 16.0 Å². The molecule has 25 heavy (non-hydrogen) atoms. The van der Waals surface area contributed by atoms with Gasteiger partial charge in [-0.3, -0.25) is 4.79 Å². The van der Waals surface area contributed by atoms with Crippen molar-refractivity contribution in [3.63, 3.8) is 0 Å². The van der Waals surface area contributed by atoms with E-state index in [1.165, 1.54) is 12.3 Å². The van der Waals surface area contributed by atoms with Gasteiger partial charge in [-0.1, -0.05) is 27.5 Å². The van der Waals surface area contributed by atoms with Crippen LogP contribution in [0.15, 0.2) is 53.3 Å². The van der Waals surface area contributed by atoms with Crippen molar-refractivity contribution >= 4 is 82.5 Å². The van der Waals surface area contributed by atoms with Gasteiger partial charge in [0.25, 0.3) is 0 Å². The van der Waals surface area contributed by atoms with Crippen LogP contribution in [0.1, 0.15) is 16.1 Å². The standard InChI is InChI=1S/C16H8Br3ClN2O3/c17-9-1-7-3-13(25-15(7)12(19)4-9)16(24)22-21-6-8-2-10(20)5-11(18)14(8)23/h1-6,23H,(H,22,24)/b21-6-. The molecule has 1 aromatic heterocycles. The van der Waals surface area contributed by atoms with Crippen molar-refractivity contribution in [2.45, 2.75) is 0 Å². The van der Waals surface area contributed by atoms with Gasteiger partial charge in [0.15, 0.2) is 5.76 Å². The van der Waals surface area contributed by atoms with Crippen LogP contribution in [0.4, 0.5) is 0 Å². The summed E-state index contributed by atoms with van der Waals surface area (Å²) in [5.41, 5.74) is 3.27. The van der Waals surface area contributed by atoms with Crippen LogP contribution in [0.3, 0.4) is 0 Å². The van der Waals surface area contributed by atoms with E-state index in [9.17, 15) is 9.90 Å². The van der Waals surface area contributed by atoms with E-state index in [1.54, 1.807) is 12.1 Å². The van der Waals surface area contributed by atoms with Crippen molar-refractivity contribution in [1.82, 2.24) is 5.43 Å². The van der Waals surface area contributed by atoms with Gasteiger partial charge < -0.3 is 9.52 Å². The summed E-state index contributed by atoms with van der Waals surface area (Å²) in [6.07, 6.45) is 1.29. The molecule has 1 amide bonds. The van der Waals surface area contributed by atoms with E-state index in [-0.39, 0.29) is 11.5 Å². The number of phenolic OH excluding ortho intramolecular Hbond substituents is 1. The van der Waals surface area contributed by atoms with Crippen LogP contribution in [0, 0.1) is 0 Å². The minimum atomic E-state index is -0.518. The average molecular weight is 551 g/mol. The Morgan fingerprint density at radius 2 is 1.92 bits per heavy atom. The summed E-state index contributed by atoms with van der Waals surface area (Å²) in [4.78, 5) is 12.2. The molecule has 0 aliphatic carbocycles. The summed E-state index contributed by atoms with van der Waals surface area (Å²) in [5, 5.41) is 14.9. The molecular weight excluding hydrogens is 543 g/mol. The third kappa shape index (κ3) is 4.08. The third-order valence-electron chi connectivity index (χ3n) is 3.19. The number of hydrogen-bond acceptors (Lipinski definition) is 4. The fourth-order valence-electron chi connectivity index (χ4n) is 2.09. The minimum Gasteiger partial charge on any atom is -0.506 e. The second-order valence-electron chi connectivity index (χ2n) is 4.94. The molecule has 0 aliphatic heterocycles. The number of nitrogens with one attached hydrogen (secondary N) is 1. The maximum atomic E-state index is 12.2. The van der Waals surface area contributed by atoms with Crippen molar-refractivity contribution in [2.24, 2.45) is 5.10 Å². The quantitative estimate of drug-likeness (QED) is 0.317. The molecule has 2 aromatic carbocycles. The molecule has 3 aromatic rings. The molecule has 128 valence electrons. The van der Waals surface area contributed by atoms with Crippen LogP contribution in [0.25, 0.3) is 11.0 Å². The first-order valence-corrected chi connectivity index (χ1v) is 9.51. The molecule has 0 bridgehead atoms. The number of carbonyl (C=O) groups is 1. The maximum Gasteiger partial charge on any atom is 0.307 e. The number of hydrogen-bond donors (Lipinski definition) is 2. The lowest BCUT2D eigenvalue weighted by molar-refractivity contribution is 0.0929. The Hall–Kier alpha value is -1.35. The van der Waals surface area contributed by atoms with Gasteiger partial charge in [-0.25, -0.2) is 5.43 Å². The number of phenols is 1. The summed E-state index contributed by atoms with van der Waals surface area (Å²) in [6.45, 7) is 0. The predicted molar refractivity (Wildman–Crippen MR) is 107 cm³/mol. The summed E-state index contributed by atoms with van der Waals surface area (Å²) < 4.78 is 7.57. The highest BCUT2D eigenvalue weighted by Crippen LogP contribution is 2.31. The van der Waals surface area contributed by atoms with Gasteiger partial charge in [0, 0.05) is 20.4 Å². The molecule has 0 radical (unpaired) electrons. The molecule has 0 saturated carbocycles. The van der Waals surface area contributed by atoms with Gasteiger partial charge in [0.2, 0.25) is 0 Å². The number of nitrogens with zero attached hydrogens (tertiary/aromatic N) is 1. The van der Waals surface area contributed by atoms with Crippen molar-refractivity contribution in [1.29, 1.82) is 0 Å². The summed E-state index contributed by atoms with van der Waals surface area (Å²) in [5.74, 6) is -0.432. The van der Waals surface area contributed by atoms with Crippen LogP contribution in [-0.4, -0.2) is 17.2 Å². The maximum absolute atomic E-state index is 12.2.